The molecule has 0 spiro atoms. The molecular formula is C11H10F3N5O. The lowest BCUT2D eigenvalue weighted by atomic mass is 10.2. The van der Waals surface area contributed by atoms with Crippen molar-refractivity contribution in [1.82, 2.24) is 25.5 Å². The topological polar surface area (TPSA) is 83.6 Å². The Kier molecular flexibility index (Phi) is 3.68. The highest BCUT2D eigenvalue weighted by Crippen LogP contribution is 2.27. The number of halogens is 3. The van der Waals surface area contributed by atoms with E-state index >= 15 is 0 Å². The number of carbonyl (C=O) groups excluding carboxylic acids is 1. The van der Waals surface area contributed by atoms with E-state index in [1.54, 1.807) is 18.1 Å². The first-order valence-corrected chi connectivity index (χ1v) is 5.57. The fourth-order valence-electron chi connectivity index (χ4n) is 1.48. The van der Waals surface area contributed by atoms with E-state index in [0.717, 1.165) is 0 Å². The highest BCUT2D eigenvalue weighted by atomic mass is 19.4. The molecule has 0 radical (unpaired) electrons. The average molecular weight is 285 g/mol. The van der Waals surface area contributed by atoms with Crippen molar-refractivity contribution in [2.24, 2.45) is 0 Å². The molecule has 0 bridgehead atoms. The normalized spacial score (nSPS) is 13.0. The molecule has 0 unspecified atom stereocenters. The highest BCUT2D eigenvalue weighted by molar-refractivity contribution is 5.92. The summed E-state index contributed by atoms with van der Waals surface area (Å²) in [5.41, 5.74) is -0.865. The molecule has 0 saturated heterocycles. The van der Waals surface area contributed by atoms with Crippen molar-refractivity contribution < 1.29 is 18.0 Å². The molecular weight excluding hydrogens is 275 g/mol. The maximum absolute atomic E-state index is 12.4. The molecule has 2 N–H and O–H groups in total. The van der Waals surface area contributed by atoms with Crippen LogP contribution in [-0.2, 0) is 6.18 Å². The van der Waals surface area contributed by atoms with Gasteiger partial charge in [0.15, 0.2) is 5.69 Å². The van der Waals surface area contributed by atoms with Gasteiger partial charge < -0.3 is 5.32 Å². The minimum atomic E-state index is -4.57. The summed E-state index contributed by atoms with van der Waals surface area (Å²) in [6.07, 6.45) is -1.75. The minimum Gasteiger partial charge on any atom is -0.343 e. The van der Waals surface area contributed by atoms with E-state index in [9.17, 15) is 18.0 Å². The molecule has 0 aliphatic rings. The standard InChI is InChI=1S/C11H10F3N5O/c1-6(7-2-3-15-5-16-7)17-10(20)8-4-9(19-18-8)11(12,13)14/h2-6H,1H3,(H,17,20)(H,18,19)/t6-/m1/s1. The van der Waals surface area contributed by atoms with Gasteiger partial charge in [-0.2, -0.15) is 18.3 Å². The number of nitrogens with zero attached hydrogens (tertiary/aromatic N) is 3. The molecule has 0 fully saturated rings. The van der Waals surface area contributed by atoms with Crippen molar-refractivity contribution in [3.05, 3.63) is 41.7 Å². The van der Waals surface area contributed by atoms with Crippen LogP contribution in [0.1, 0.15) is 34.8 Å². The van der Waals surface area contributed by atoms with Crippen molar-refractivity contribution in [2.45, 2.75) is 19.1 Å². The Morgan fingerprint density at radius 2 is 2.20 bits per heavy atom. The first-order chi connectivity index (χ1) is 9.38. The summed E-state index contributed by atoms with van der Waals surface area (Å²) in [4.78, 5) is 19.4. The summed E-state index contributed by atoms with van der Waals surface area (Å²) in [6, 6.07) is 1.77. The van der Waals surface area contributed by atoms with Gasteiger partial charge in [0.25, 0.3) is 5.91 Å². The van der Waals surface area contributed by atoms with Crippen LogP contribution in [0.15, 0.2) is 24.7 Å². The maximum atomic E-state index is 12.4. The van der Waals surface area contributed by atoms with Gasteiger partial charge in [-0.25, -0.2) is 9.97 Å². The molecule has 2 aromatic heterocycles. The quantitative estimate of drug-likeness (QED) is 0.899. The average Bonchev–Trinajstić information content (AvgIpc) is 2.89. The molecule has 0 aliphatic carbocycles. The van der Waals surface area contributed by atoms with Gasteiger partial charge in [0.05, 0.1) is 11.7 Å². The molecule has 1 atom stereocenters. The monoisotopic (exact) mass is 285 g/mol. The predicted octanol–water partition coefficient (Wildman–Crippen LogP) is 1.71. The molecule has 2 aromatic rings. The van der Waals surface area contributed by atoms with Crippen LogP contribution in [0.4, 0.5) is 13.2 Å². The smallest absolute Gasteiger partial charge is 0.343 e. The molecule has 1 amide bonds. The van der Waals surface area contributed by atoms with Gasteiger partial charge in [0, 0.05) is 12.3 Å². The van der Waals surface area contributed by atoms with Crippen LogP contribution in [0.2, 0.25) is 0 Å². The van der Waals surface area contributed by atoms with E-state index in [1.807, 2.05) is 0 Å². The third-order valence-electron chi connectivity index (χ3n) is 2.51. The molecule has 2 heterocycles. The lowest BCUT2D eigenvalue weighted by Crippen LogP contribution is -2.27. The fourth-order valence-corrected chi connectivity index (χ4v) is 1.48. The summed E-state index contributed by atoms with van der Waals surface area (Å²) in [5.74, 6) is -0.720. The first-order valence-electron chi connectivity index (χ1n) is 5.57. The van der Waals surface area contributed by atoms with E-state index in [0.29, 0.717) is 11.8 Å². The van der Waals surface area contributed by atoms with Crippen molar-refractivity contribution in [3.8, 4) is 0 Å². The number of amides is 1. The minimum absolute atomic E-state index is 0.335. The Morgan fingerprint density at radius 3 is 2.75 bits per heavy atom. The number of hydrogen-bond acceptors (Lipinski definition) is 4. The number of aromatic amines is 1. The van der Waals surface area contributed by atoms with E-state index in [1.165, 1.54) is 12.5 Å². The number of H-pyrrole nitrogens is 1. The third kappa shape index (κ3) is 3.11. The molecule has 0 aliphatic heterocycles. The number of carbonyl (C=O) groups is 1. The van der Waals surface area contributed by atoms with Crippen LogP contribution in [-0.4, -0.2) is 26.1 Å². The van der Waals surface area contributed by atoms with Crippen molar-refractivity contribution in [1.29, 1.82) is 0 Å². The Bertz CT molecular complexity index is 596. The summed E-state index contributed by atoms with van der Waals surface area (Å²) in [6.45, 7) is 1.65. The zero-order valence-corrected chi connectivity index (χ0v) is 10.3. The SMILES string of the molecule is C[C@@H](NC(=O)c1cc(C(F)(F)F)[nH]n1)c1ccncn1. The van der Waals surface area contributed by atoms with Gasteiger partial charge in [0.2, 0.25) is 0 Å². The molecule has 2 rings (SSSR count). The molecule has 0 saturated carbocycles. The molecule has 6 nitrogen and oxygen atoms in total. The summed E-state index contributed by atoms with van der Waals surface area (Å²) < 4.78 is 37.1. The molecule has 9 heteroatoms. The van der Waals surface area contributed by atoms with Crippen LogP contribution in [0, 0.1) is 0 Å². The zero-order chi connectivity index (χ0) is 14.8. The second-order valence-electron chi connectivity index (χ2n) is 3.99. The van der Waals surface area contributed by atoms with Crippen molar-refractivity contribution in [2.75, 3.05) is 0 Å². The number of aromatic nitrogens is 4. The fraction of sp³-hybridized carbons (Fsp3) is 0.273. The number of alkyl halides is 3. The molecule has 106 valence electrons. The van der Waals surface area contributed by atoms with Crippen LogP contribution in [0.5, 0.6) is 0 Å². The Morgan fingerprint density at radius 1 is 1.45 bits per heavy atom. The van der Waals surface area contributed by atoms with Gasteiger partial charge in [-0.15, -0.1) is 0 Å². The van der Waals surface area contributed by atoms with Gasteiger partial charge in [-0.1, -0.05) is 0 Å². The van der Waals surface area contributed by atoms with Crippen LogP contribution in [0.25, 0.3) is 0 Å². The van der Waals surface area contributed by atoms with Crippen molar-refractivity contribution >= 4 is 5.91 Å². The van der Waals surface area contributed by atoms with Gasteiger partial charge in [-0.05, 0) is 13.0 Å². The number of hydrogen-bond donors (Lipinski definition) is 2. The lowest BCUT2D eigenvalue weighted by Gasteiger charge is -2.11. The van der Waals surface area contributed by atoms with Crippen LogP contribution >= 0.6 is 0 Å². The van der Waals surface area contributed by atoms with E-state index in [-0.39, 0.29) is 5.69 Å². The second-order valence-corrected chi connectivity index (χ2v) is 3.99. The molecule has 20 heavy (non-hydrogen) atoms. The van der Waals surface area contributed by atoms with Gasteiger partial charge in [0.1, 0.15) is 12.0 Å². The van der Waals surface area contributed by atoms with E-state index < -0.39 is 23.8 Å². The number of rotatable bonds is 3. The van der Waals surface area contributed by atoms with E-state index in [2.05, 4.69) is 20.4 Å². The maximum Gasteiger partial charge on any atom is 0.432 e. The third-order valence-corrected chi connectivity index (χ3v) is 2.51. The first kappa shape index (κ1) is 14.0. The summed E-state index contributed by atoms with van der Waals surface area (Å²) in [7, 11) is 0. The lowest BCUT2D eigenvalue weighted by molar-refractivity contribution is -0.141. The zero-order valence-electron chi connectivity index (χ0n) is 10.3. The highest BCUT2D eigenvalue weighted by Gasteiger charge is 2.33. The van der Waals surface area contributed by atoms with Gasteiger partial charge >= 0.3 is 6.18 Å². The largest absolute Gasteiger partial charge is 0.432 e. The Hall–Kier alpha value is -2.45. The van der Waals surface area contributed by atoms with Gasteiger partial charge in [-0.3, -0.25) is 9.89 Å². The van der Waals surface area contributed by atoms with Crippen molar-refractivity contribution in [3.63, 3.8) is 0 Å². The number of nitrogens with one attached hydrogen (secondary N) is 2. The summed E-state index contributed by atoms with van der Waals surface area (Å²) in [5, 5.41) is 7.62. The molecule has 0 aromatic carbocycles. The van der Waals surface area contributed by atoms with Crippen LogP contribution in [0.3, 0.4) is 0 Å². The van der Waals surface area contributed by atoms with E-state index in [4.69, 9.17) is 0 Å². The summed E-state index contributed by atoms with van der Waals surface area (Å²) >= 11 is 0. The predicted molar refractivity (Wildman–Crippen MR) is 61.5 cm³/mol. The Labute approximate surface area is 111 Å². The Balaban J connectivity index is 2.07. The second kappa shape index (κ2) is 5.27. The van der Waals surface area contributed by atoms with Crippen LogP contribution < -0.4 is 5.32 Å².